The van der Waals surface area contributed by atoms with Crippen molar-refractivity contribution in [2.24, 2.45) is 17.8 Å². The second-order valence-corrected chi connectivity index (χ2v) is 9.63. The van der Waals surface area contributed by atoms with E-state index >= 15 is 0 Å². The molecule has 3 heteroatoms. The van der Waals surface area contributed by atoms with Crippen LogP contribution in [0.15, 0.2) is 30.4 Å². The summed E-state index contributed by atoms with van der Waals surface area (Å²) in [6.45, 7) is 9.57. The highest BCUT2D eigenvalue weighted by molar-refractivity contribution is 5.85. The third kappa shape index (κ3) is 2.95. The summed E-state index contributed by atoms with van der Waals surface area (Å²) in [5.41, 5.74) is 4.94. The van der Waals surface area contributed by atoms with E-state index in [1.54, 1.807) is 18.2 Å². The Morgan fingerprint density at radius 1 is 1.26 bits per heavy atom. The molecule has 1 aliphatic heterocycles. The number of allylic oxidation sites excluding steroid dienone is 1. The van der Waals surface area contributed by atoms with Crippen LogP contribution in [0, 0.1) is 17.8 Å². The monoisotopic (exact) mass is 387 g/mol. The van der Waals surface area contributed by atoms with Crippen LogP contribution in [0.5, 0.6) is 5.75 Å². The molecule has 4 atom stereocenters. The van der Waals surface area contributed by atoms with Gasteiger partial charge in [-0.15, -0.1) is 12.4 Å². The fraction of sp³-hybridized carbons (Fsp3) is 0.667. The molecule has 0 radical (unpaired) electrons. The number of likely N-dealkylation sites (tertiary alicyclic amines) is 1. The molecule has 1 aromatic carbocycles. The first-order chi connectivity index (χ1) is 12.6. The number of nitrogens with zero attached hydrogens (tertiary/aromatic N) is 1. The van der Waals surface area contributed by atoms with Gasteiger partial charge in [-0.2, -0.15) is 0 Å². The Labute approximate surface area is 170 Å². The molecule has 0 spiro atoms. The molecule has 0 N–H and O–H groups in total. The molecule has 0 aromatic heterocycles. The summed E-state index contributed by atoms with van der Waals surface area (Å²) in [5.74, 6) is 3.51. The van der Waals surface area contributed by atoms with Crippen molar-refractivity contribution in [2.75, 3.05) is 20.2 Å². The zero-order chi connectivity index (χ0) is 17.9. The van der Waals surface area contributed by atoms with Gasteiger partial charge in [-0.05, 0) is 86.1 Å². The fourth-order valence-corrected chi connectivity index (χ4v) is 6.95. The molecule has 0 amide bonds. The minimum absolute atomic E-state index is 0. The molecule has 2 saturated carbocycles. The second kappa shape index (κ2) is 7.12. The molecule has 3 aliphatic carbocycles. The predicted octanol–water partition coefficient (Wildman–Crippen LogP) is 5.39. The highest BCUT2D eigenvalue weighted by Gasteiger charge is 2.56. The van der Waals surface area contributed by atoms with E-state index in [1.165, 1.54) is 63.6 Å². The average Bonchev–Trinajstić information content (AvgIpc) is 2.58. The second-order valence-electron chi connectivity index (χ2n) is 9.63. The first-order valence-electron chi connectivity index (χ1n) is 10.7. The van der Waals surface area contributed by atoms with Gasteiger partial charge >= 0.3 is 0 Å². The van der Waals surface area contributed by atoms with Gasteiger partial charge in [0.2, 0.25) is 0 Å². The lowest BCUT2D eigenvalue weighted by Crippen LogP contribution is -2.63. The van der Waals surface area contributed by atoms with Crippen LogP contribution >= 0.6 is 12.4 Å². The van der Waals surface area contributed by atoms with Crippen LogP contribution in [0.2, 0.25) is 0 Å². The summed E-state index contributed by atoms with van der Waals surface area (Å²) in [6, 6.07) is 7.62. The van der Waals surface area contributed by atoms with Gasteiger partial charge in [-0.3, -0.25) is 4.90 Å². The van der Waals surface area contributed by atoms with E-state index in [4.69, 9.17) is 4.74 Å². The minimum Gasteiger partial charge on any atom is -0.497 e. The minimum atomic E-state index is 0. The summed E-state index contributed by atoms with van der Waals surface area (Å²) in [6.07, 6.45) is 9.31. The van der Waals surface area contributed by atoms with Crippen molar-refractivity contribution < 1.29 is 4.74 Å². The van der Waals surface area contributed by atoms with Crippen LogP contribution in [-0.2, 0) is 11.8 Å². The molecular formula is C24H34ClNO. The number of fused-ring (bicyclic) bond motifs is 1. The zero-order valence-electron chi connectivity index (χ0n) is 16.9. The fourth-order valence-electron chi connectivity index (χ4n) is 6.95. The van der Waals surface area contributed by atoms with Gasteiger partial charge in [-0.1, -0.05) is 31.6 Å². The van der Waals surface area contributed by atoms with Gasteiger partial charge in [-0.25, -0.2) is 0 Å². The number of hydrogen-bond acceptors (Lipinski definition) is 2. The Hall–Kier alpha value is -0.990. The number of piperidine rings is 1. The molecule has 3 fully saturated rings. The quantitative estimate of drug-likeness (QED) is 0.645. The molecular weight excluding hydrogens is 354 g/mol. The Morgan fingerprint density at radius 2 is 2.07 bits per heavy atom. The third-order valence-electron chi connectivity index (χ3n) is 8.16. The Bertz CT molecular complexity index is 727. The summed E-state index contributed by atoms with van der Waals surface area (Å²) in [4.78, 5) is 2.89. The van der Waals surface area contributed by atoms with E-state index in [0.29, 0.717) is 5.41 Å². The zero-order valence-corrected chi connectivity index (χ0v) is 17.7. The molecule has 148 valence electrons. The van der Waals surface area contributed by atoms with Crippen LogP contribution < -0.4 is 4.74 Å². The molecule has 1 aromatic rings. The summed E-state index contributed by atoms with van der Waals surface area (Å²) < 4.78 is 5.61. The maximum atomic E-state index is 5.61. The van der Waals surface area contributed by atoms with Crippen molar-refractivity contribution in [3.05, 3.63) is 41.5 Å². The number of methoxy groups -OCH3 is 1. The van der Waals surface area contributed by atoms with Crippen LogP contribution in [-0.4, -0.2) is 31.1 Å². The number of halogens is 1. The van der Waals surface area contributed by atoms with Crippen LogP contribution in [0.1, 0.15) is 56.6 Å². The van der Waals surface area contributed by atoms with Crippen molar-refractivity contribution in [1.82, 2.24) is 4.90 Å². The number of hydrogen-bond donors (Lipinski definition) is 0. The predicted molar refractivity (Wildman–Crippen MR) is 114 cm³/mol. The SMILES string of the molecule is C=C1C[C@H](C)C2C3Cc4ccc(OC)cc4C2(CCN3CC2CCC2)C1.Cl. The normalized spacial score (nSPS) is 35.5. The lowest BCUT2D eigenvalue weighted by Gasteiger charge is -2.62. The largest absolute Gasteiger partial charge is 0.497 e. The first-order valence-corrected chi connectivity index (χ1v) is 10.7. The van der Waals surface area contributed by atoms with E-state index < -0.39 is 0 Å². The smallest absolute Gasteiger partial charge is 0.119 e. The van der Waals surface area contributed by atoms with Crippen molar-refractivity contribution >= 4 is 12.4 Å². The van der Waals surface area contributed by atoms with Crippen molar-refractivity contribution in [1.29, 1.82) is 0 Å². The third-order valence-corrected chi connectivity index (χ3v) is 8.16. The van der Waals surface area contributed by atoms with Gasteiger partial charge in [0.25, 0.3) is 0 Å². The highest BCUT2D eigenvalue weighted by atomic mass is 35.5. The van der Waals surface area contributed by atoms with E-state index in [0.717, 1.165) is 29.5 Å². The summed E-state index contributed by atoms with van der Waals surface area (Å²) in [5, 5.41) is 0. The molecule has 3 unspecified atom stereocenters. The maximum absolute atomic E-state index is 5.61. The number of benzene rings is 1. The molecule has 27 heavy (non-hydrogen) atoms. The van der Waals surface area contributed by atoms with Crippen molar-refractivity contribution in [2.45, 2.75) is 63.3 Å². The lowest BCUT2D eigenvalue weighted by atomic mass is 9.49. The van der Waals surface area contributed by atoms with Gasteiger partial charge < -0.3 is 4.74 Å². The van der Waals surface area contributed by atoms with Crippen LogP contribution in [0.3, 0.4) is 0 Å². The maximum Gasteiger partial charge on any atom is 0.119 e. The van der Waals surface area contributed by atoms with Crippen molar-refractivity contribution in [3.63, 3.8) is 0 Å². The van der Waals surface area contributed by atoms with E-state index in [2.05, 4.69) is 36.6 Å². The van der Waals surface area contributed by atoms with E-state index in [9.17, 15) is 0 Å². The molecule has 2 nitrogen and oxygen atoms in total. The Kier molecular flexibility index (Phi) is 5.10. The molecule has 1 saturated heterocycles. The van der Waals surface area contributed by atoms with Crippen LogP contribution in [0.4, 0.5) is 0 Å². The van der Waals surface area contributed by atoms with Gasteiger partial charge in [0, 0.05) is 18.0 Å². The topological polar surface area (TPSA) is 12.5 Å². The van der Waals surface area contributed by atoms with Gasteiger partial charge in [0.15, 0.2) is 0 Å². The molecule has 1 heterocycles. The van der Waals surface area contributed by atoms with E-state index in [-0.39, 0.29) is 12.4 Å². The first kappa shape index (κ1) is 19.3. The highest BCUT2D eigenvalue weighted by Crippen LogP contribution is 2.59. The van der Waals surface area contributed by atoms with E-state index in [1.807, 2.05) is 0 Å². The number of ether oxygens (including phenoxy) is 1. The average molecular weight is 388 g/mol. The van der Waals surface area contributed by atoms with Gasteiger partial charge in [0.1, 0.15) is 5.75 Å². The molecule has 4 aliphatic rings. The lowest BCUT2D eigenvalue weighted by molar-refractivity contribution is -0.0376. The molecule has 5 rings (SSSR count). The summed E-state index contributed by atoms with van der Waals surface area (Å²) in [7, 11) is 1.80. The standard InChI is InChI=1S/C24H33NO.ClH/c1-16-11-17(2)23-22-12-19-7-8-20(26-3)13-21(19)24(23,14-16)9-10-25(22)15-18-5-4-6-18;/h7-8,13,17-18,22-23H,1,4-6,9-12,14-15H2,2-3H3;1H/t17-,22?,23?,24?;/m0./s1. The summed E-state index contributed by atoms with van der Waals surface area (Å²) >= 11 is 0. The van der Waals surface area contributed by atoms with Crippen LogP contribution in [0.25, 0.3) is 0 Å². The number of rotatable bonds is 3. The van der Waals surface area contributed by atoms with Crippen molar-refractivity contribution in [3.8, 4) is 5.75 Å². The molecule has 2 bridgehead atoms. The Morgan fingerprint density at radius 3 is 2.78 bits per heavy atom. The van der Waals surface area contributed by atoms with Gasteiger partial charge in [0.05, 0.1) is 7.11 Å². The Balaban J connectivity index is 0.00000180.